The number of nitrogens with one attached hydrogen (secondary N) is 1. The smallest absolute Gasteiger partial charge is 0.387 e. The molecule has 13 heteroatoms. The highest BCUT2D eigenvalue weighted by atomic mass is 32.2. The number of nitrogens with zero attached hydrogens (tertiary/aromatic N) is 1. The van der Waals surface area contributed by atoms with Gasteiger partial charge in [0.15, 0.2) is 21.4 Å². The highest BCUT2D eigenvalue weighted by Gasteiger charge is 2.28. The fourth-order valence-corrected chi connectivity index (χ4v) is 3.64. The number of hydroxylamine groups is 1. The summed E-state index contributed by atoms with van der Waals surface area (Å²) in [6.07, 6.45) is 1.06. The third kappa shape index (κ3) is 5.57. The van der Waals surface area contributed by atoms with Crippen LogP contribution in [0, 0.1) is 11.6 Å². The molecule has 0 unspecified atom stereocenters. The summed E-state index contributed by atoms with van der Waals surface area (Å²) in [6, 6.07) is 3.45. The lowest BCUT2D eigenvalue weighted by atomic mass is 10.1. The summed E-state index contributed by atoms with van der Waals surface area (Å²) in [5.74, 6) is -4.14. The van der Waals surface area contributed by atoms with Crippen molar-refractivity contribution in [3.63, 3.8) is 0 Å². The second-order valence-electron chi connectivity index (χ2n) is 6.17. The number of aryl methyl sites for hydroxylation is 1. The van der Waals surface area contributed by atoms with Crippen molar-refractivity contribution in [1.29, 1.82) is 0 Å². The fraction of sp³-hybridized carbons (Fsp3) is 0.294. The zero-order chi connectivity index (χ0) is 22.6. The molecular weight excluding hydrogens is 436 g/mol. The van der Waals surface area contributed by atoms with Gasteiger partial charge in [-0.15, -0.1) is 0 Å². The Kier molecular flexibility index (Phi) is 7.21. The van der Waals surface area contributed by atoms with E-state index < -0.39 is 57.0 Å². The Balaban J connectivity index is 2.31. The largest absolute Gasteiger partial charge is 0.432 e. The molecule has 0 saturated heterocycles. The van der Waals surface area contributed by atoms with Crippen LogP contribution in [-0.2, 0) is 21.2 Å². The number of ether oxygens (including phenoxy) is 1. The number of alkyl halides is 2. The molecular formula is C17H16F4N2O6S. The van der Waals surface area contributed by atoms with Crippen LogP contribution in [0.25, 0.3) is 11.1 Å². The predicted octanol–water partition coefficient (Wildman–Crippen LogP) is 1.70. The Bertz CT molecular complexity index is 1100. The Morgan fingerprint density at radius 2 is 1.90 bits per heavy atom. The van der Waals surface area contributed by atoms with E-state index in [2.05, 4.69) is 4.74 Å². The second kappa shape index (κ2) is 9.26. The average molecular weight is 452 g/mol. The molecule has 1 heterocycles. The molecule has 30 heavy (non-hydrogen) atoms. The van der Waals surface area contributed by atoms with Gasteiger partial charge in [-0.25, -0.2) is 22.7 Å². The highest BCUT2D eigenvalue weighted by molar-refractivity contribution is 7.92. The number of pyridine rings is 1. The van der Waals surface area contributed by atoms with Gasteiger partial charge >= 0.3 is 6.61 Å². The first kappa shape index (κ1) is 23.3. The number of carbonyl (C=O) groups is 1. The van der Waals surface area contributed by atoms with E-state index in [4.69, 9.17) is 5.21 Å². The van der Waals surface area contributed by atoms with Gasteiger partial charge in [-0.1, -0.05) is 6.07 Å². The molecule has 2 rings (SSSR count). The Morgan fingerprint density at radius 1 is 1.23 bits per heavy atom. The fourth-order valence-electron chi connectivity index (χ4n) is 2.67. The monoisotopic (exact) mass is 452 g/mol. The standard InChI is InChI=1S/C17H16F4N2O6S/c1-30(27,28)14(16(25)22-26)4-5-23-8-12(19)10(7-15(23)24)9-2-3-13(11(18)6-9)29-17(20)21/h2-3,6-8,14,17,26H,4-5H2,1H3,(H,22,25)/t14-/m1/s1. The summed E-state index contributed by atoms with van der Waals surface area (Å²) < 4.78 is 80.8. The number of benzene rings is 1. The summed E-state index contributed by atoms with van der Waals surface area (Å²) in [5, 5.41) is 6.97. The van der Waals surface area contributed by atoms with E-state index in [1.54, 1.807) is 0 Å². The van der Waals surface area contributed by atoms with Crippen molar-refractivity contribution in [1.82, 2.24) is 10.0 Å². The first-order valence-electron chi connectivity index (χ1n) is 8.21. The van der Waals surface area contributed by atoms with Gasteiger partial charge in [0.1, 0.15) is 11.1 Å². The number of hydrogen-bond acceptors (Lipinski definition) is 6. The molecule has 0 aliphatic carbocycles. The maximum atomic E-state index is 14.5. The number of rotatable bonds is 8. The van der Waals surface area contributed by atoms with Crippen LogP contribution in [0.15, 0.2) is 35.3 Å². The van der Waals surface area contributed by atoms with Crippen molar-refractivity contribution < 1.29 is 40.7 Å². The number of carbonyl (C=O) groups excluding carboxylic acids is 1. The van der Waals surface area contributed by atoms with Gasteiger partial charge in [0, 0.05) is 30.6 Å². The predicted molar refractivity (Wildman–Crippen MR) is 95.9 cm³/mol. The Hall–Kier alpha value is -2.93. The molecule has 0 bridgehead atoms. The summed E-state index contributed by atoms with van der Waals surface area (Å²) in [7, 11) is -3.93. The van der Waals surface area contributed by atoms with Crippen molar-refractivity contribution in [3.05, 3.63) is 52.5 Å². The quantitative estimate of drug-likeness (QED) is 0.358. The van der Waals surface area contributed by atoms with E-state index in [-0.39, 0.29) is 17.7 Å². The second-order valence-corrected chi connectivity index (χ2v) is 8.40. The van der Waals surface area contributed by atoms with E-state index >= 15 is 0 Å². The molecule has 8 nitrogen and oxygen atoms in total. The van der Waals surface area contributed by atoms with Crippen molar-refractivity contribution in [2.45, 2.75) is 24.8 Å². The first-order chi connectivity index (χ1) is 13.9. The number of sulfone groups is 1. The normalized spacial score (nSPS) is 12.6. The van der Waals surface area contributed by atoms with E-state index in [1.807, 2.05) is 0 Å². The summed E-state index contributed by atoms with van der Waals surface area (Å²) >= 11 is 0. The lowest BCUT2D eigenvalue weighted by molar-refractivity contribution is -0.128. The van der Waals surface area contributed by atoms with Crippen LogP contribution in [0.4, 0.5) is 17.6 Å². The van der Waals surface area contributed by atoms with E-state index in [9.17, 15) is 35.6 Å². The molecule has 1 aromatic heterocycles. The number of halogens is 4. The molecule has 1 atom stereocenters. The summed E-state index contributed by atoms with van der Waals surface area (Å²) in [6.45, 7) is -3.63. The minimum absolute atomic E-state index is 0.121. The van der Waals surface area contributed by atoms with Crippen LogP contribution in [0.2, 0.25) is 0 Å². The maximum Gasteiger partial charge on any atom is 0.387 e. The Labute approximate surface area is 167 Å². The van der Waals surface area contributed by atoms with Crippen LogP contribution in [0.3, 0.4) is 0 Å². The zero-order valence-electron chi connectivity index (χ0n) is 15.3. The minimum Gasteiger partial charge on any atom is -0.432 e. The Morgan fingerprint density at radius 3 is 2.43 bits per heavy atom. The van der Waals surface area contributed by atoms with Crippen molar-refractivity contribution in [3.8, 4) is 16.9 Å². The van der Waals surface area contributed by atoms with E-state index in [0.717, 1.165) is 35.2 Å². The molecule has 0 fully saturated rings. The van der Waals surface area contributed by atoms with Crippen LogP contribution in [0.5, 0.6) is 5.75 Å². The van der Waals surface area contributed by atoms with E-state index in [1.165, 1.54) is 5.48 Å². The highest BCUT2D eigenvalue weighted by Crippen LogP contribution is 2.27. The van der Waals surface area contributed by atoms with E-state index in [0.29, 0.717) is 6.07 Å². The van der Waals surface area contributed by atoms with Crippen LogP contribution in [0.1, 0.15) is 6.42 Å². The van der Waals surface area contributed by atoms with Gasteiger partial charge in [-0.05, 0) is 24.1 Å². The topological polar surface area (TPSA) is 115 Å². The van der Waals surface area contributed by atoms with Crippen LogP contribution in [-0.4, -0.2) is 42.2 Å². The minimum atomic E-state index is -3.93. The molecule has 0 aliphatic heterocycles. The van der Waals surface area contributed by atoms with Gasteiger partial charge in [-0.3, -0.25) is 14.8 Å². The maximum absolute atomic E-state index is 14.5. The number of hydrogen-bond donors (Lipinski definition) is 2. The number of aromatic nitrogens is 1. The van der Waals surface area contributed by atoms with Crippen molar-refractivity contribution in [2.75, 3.05) is 6.26 Å². The zero-order valence-corrected chi connectivity index (χ0v) is 16.1. The number of amides is 1. The SMILES string of the molecule is CS(=O)(=O)[C@H](CCn1cc(F)c(-c2ccc(OC(F)F)c(F)c2)cc1=O)C(=O)NO. The molecule has 0 aliphatic rings. The summed E-state index contributed by atoms with van der Waals surface area (Å²) in [4.78, 5) is 23.7. The van der Waals surface area contributed by atoms with Crippen LogP contribution < -0.4 is 15.8 Å². The molecule has 0 radical (unpaired) electrons. The molecule has 0 saturated carbocycles. The van der Waals surface area contributed by atoms with Gasteiger partial charge in [-0.2, -0.15) is 8.78 Å². The molecule has 2 aromatic rings. The molecule has 1 amide bonds. The van der Waals surface area contributed by atoms with Gasteiger partial charge in [0.05, 0.1) is 0 Å². The summed E-state index contributed by atoms with van der Waals surface area (Å²) in [5.41, 5.74) is -0.0293. The molecule has 1 aromatic carbocycles. The average Bonchev–Trinajstić information content (AvgIpc) is 2.64. The lowest BCUT2D eigenvalue weighted by Gasteiger charge is -2.14. The van der Waals surface area contributed by atoms with Crippen LogP contribution >= 0.6 is 0 Å². The first-order valence-corrected chi connectivity index (χ1v) is 10.2. The van der Waals surface area contributed by atoms with Crippen molar-refractivity contribution >= 4 is 15.7 Å². The molecule has 164 valence electrons. The van der Waals surface area contributed by atoms with Gasteiger partial charge < -0.3 is 9.30 Å². The third-order valence-electron chi connectivity index (χ3n) is 4.09. The van der Waals surface area contributed by atoms with Gasteiger partial charge in [0.2, 0.25) is 0 Å². The lowest BCUT2D eigenvalue weighted by Crippen LogP contribution is -2.39. The van der Waals surface area contributed by atoms with Gasteiger partial charge in [0.25, 0.3) is 11.5 Å². The third-order valence-corrected chi connectivity index (χ3v) is 5.57. The molecule has 0 spiro atoms. The van der Waals surface area contributed by atoms with Crippen molar-refractivity contribution in [2.24, 2.45) is 0 Å². The molecule has 2 N–H and O–H groups in total.